The number of anilines is 1. The first kappa shape index (κ1) is 19.3. The second kappa shape index (κ2) is 7.89. The molecule has 0 heterocycles. The lowest BCUT2D eigenvalue weighted by Gasteiger charge is -2.20. The van der Waals surface area contributed by atoms with E-state index in [2.05, 4.69) is 0 Å². The van der Waals surface area contributed by atoms with E-state index in [1.807, 2.05) is 0 Å². The van der Waals surface area contributed by atoms with Crippen molar-refractivity contribution < 1.29 is 22.7 Å². The highest BCUT2D eigenvalue weighted by molar-refractivity contribution is 7.92. The van der Waals surface area contributed by atoms with Crippen molar-refractivity contribution in [3.8, 4) is 11.8 Å². The van der Waals surface area contributed by atoms with Gasteiger partial charge in [0.1, 0.15) is 11.8 Å². The number of esters is 1. The van der Waals surface area contributed by atoms with Crippen LogP contribution in [0, 0.1) is 11.3 Å². The van der Waals surface area contributed by atoms with Gasteiger partial charge >= 0.3 is 5.97 Å². The summed E-state index contributed by atoms with van der Waals surface area (Å²) in [7, 11) is -0.944. The monoisotopic (exact) mass is 374 g/mol. The van der Waals surface area contributed by atoms with E-state index in [0.29, 0.717) is 11.4 Å². The number of carbonyl (C=O) groups excluding carboxylic acids is 1. The van der Waals surface area contributed by atoms with Crippen LogP contribution in [0.2, 0.25) is 0 Å². The zero-order chi connectivity index (χ0) is 19.3. The molecule has 2 aromatic rings. The maximum atomic E-state index is 12.8. The zero-order valence-electron chi connectivity index (χ0n) is 14.5. The summed E-state index contributed by atoms with van der Waals surface area (Å²) < 4.78 is 36.7. The van der Waals surface area contributed by atoms with E-state index in [1.54, 1.807) is 30.3 Å². The highest BCUT2D eigenvalue weighted by Gasteiger charge is 2.23. The number of rotatable bonds is 6. The molecule has 0 saturated carbocycles. The third-order valence-corrected chi connectivity index (χ3v) is 5.41. The first-order valence-electron chi connectivity index (χ1n) is 7.63. The lowest BCUT2D eigenvalue weighted by molar-refractivity contribution is 0.0435. The molecule has 0 bridgehead atoms. The quantitative estimate of drug-likeness (QED) is 0.721. The third-order valence-electron chi connectivity index (χ3n) is 3.63. The second-order valence-electron chi connectivity index (χ2n) is 5.38. The van der Waals surface area contributed by atoms with Gasteiger partial charge in [-0.15, -0.1) is 0 Å². The van der Waals surface area contributed by atoms with E-state index in [-0.39, 0.29) is 10.5 Å². The van der Waals surface area contributed by atoms with Crippen LogP contribution in [0.25, 0.3) is 0 Å². The summed E-state index contributed by atoms with van der Waals surface area (Å²) in [5.74, 6) is -0.154. The largest absolute Gasteiger partial charge is 0.497 e. The van der Waals surface area contributed by atoms with Crippen molar-refractivity contribution in [3.05, 3.63) is 54.1 Å². The number of carbonyl (C=O) groups is 1. The topological polar surface area (TPSA) is 96.7 Å². The highest BCUT2D eigenvalue weighted by Crippen LogP contribution is 2.25. The van der Waals surface area contributed by atoms with Crippen LogP contribution in [0.5, 0.6) is 5.75 Å². The molecule has 0 fully saturated rings. The highest BCUT2D eigenvalue weighted by atomic mass is 32.2. The van der Waals surface area contributed by atoms with Crippen molar-refractivity contribution in [2.45, 2.75) is 17.9 Å². The minimum atomic E-state index is -3.88. The maximum Gasteiger partial charge on any atom is 0.339 e. The number of ether oxygens (including phenoxy) is 2. The molecule has 0 aliphatic heterocycles. The molecule has 1 atom stereocenters. The van der Waals surface area contributed by atoms with Gasteiger partial charge in [-0.05, 0) is 49.4 Å². The second-order valence-corrected chi connectivity index (χ2v) is 7.34. The van der Waals surface area contributed by atoms with Crippen LogP contribution in [-0.4, -0.2) is 34.6 Å². The van der Waals surface area contributed by atoms with Gasteiger partial charge < -0.3 is 9.47 Å². The van der Waals surface area contributed by atoms with Gasteiger partial charge in [0, 0.05) is 7.05 Å². The molecule has 0 saturated heterocycles. The molecule has 26 heavy (non-hydrogen) atoms. The van der Waals surface area contributed by atoms with Crippen molar-refractivity contribution in [1.82, 2.24) is 0 Å². The molecular formula is C18H18N2O5S. The van der Waals surface area contributed by atoms with E-state index in [9.17, 15) is 13.2 Å². The van der Waals surface area contributed by atoms with Gasteiger partial charge in [0.05, 0.1) is 23.3 Å². The Morgan fingerprint density at radius 2 is 1.85 bits per heavy atom. The number of nitriles is 1. The van der Waals surface area contributed by atoms with E-state index < -0.39 is 22.1 Å². The fourth-order valence-electron chi connectivity index (χ4n) is 2.13. The average molecular weight is 374 g/mol. The van der Waals surface area contributed by atoms with Crippen molar-refractivity contribution in [1.29, 1.82) is 5.26 Å². The molecule has 7 nitrogen and oxygen atoms in total. The Morgan fingerprint density at radius 1 is 1.19 bits per heavy atom. The molecule has 0 amide bonds. The van der Waals surface area contributed by atoms with Gasteiger partial charge in [0.15, 0.2) is 6.10 Å². The Kier molecular flexibility index (Phi) is 5.85. The van der Waals surface area contributed by atoms with E-state index in [1.165, 1.54) is 45.3 Å². The molecule has 0 unspecified atom stereocenters. The molecule has 0 spiro atoms. The van der Waals surface area contributed by atoms with Gasteiger partial charge in [-0.2, -0.15) is 5.26 Å². The average Bonchev–Trinajstić information content (AvgIpc) is 2.67. The molecule has 2 aromatic carbocycles. The Bertz CT molecular complexity index is 933. The van der Waals surface area contributed by atoms with E-state index >= 15 is 0 Å². The Balaban J connectivity index is 2.32. The predicted molar refractivity (Wildman–Crippen MR) is 95.5 cm³/mol. The molecule has 0 aliphatic rings. The molecule has 0 aliphatic carbocycles. The molecule has 2 rings (SSSR count). The van der Waals surface area contributed by atoms with Gasteiger partial charge in [0.2, 0.25) is 0 Å². The van der Waals surface area contributed by atoms with Crippen molar-refractivity contribution >= 4 is 21.7 Å². The van der Waals surface area contributed by atoms with Gasteiger partial charge in [-0.3, -0.25) is 4.31 Å². The lowest BCUT2D eigenvalue weighted by atomic mass is 10.2. The fourth-order valence-corrected chi connectivity index (χ4v) is 3.37. The predicted octanol–water partition coefficient (Wildman–Crippen LogP) is 2.59. The van der Waals surface area contributed by atoms with Crippen LogP contribution >= 0.6 is 0 Å². The van der Waals surface area contributed by atoms with Crippen molar-refractivity contribution in [2.75, 3.05) is 18.5 Å². The first-order chi connectivity index (χ1) is 12.3. The third kappa shape index (κ3) is 4.13. The summed E-state index contributed by atoms with van der Waals surface area (Å²) in [5.41, 5.74) is 0.494. The number of methoxy groups -OCH3 is 1. The smallest absolute Gasteiger partial charge is 0.339 e. The minimum Gasteiger partial charge on any atom is -0.497 e. The van der Waals surface area contributed by atoms with E-state index in [4.69, 9.17) is 14.7 Å². The maximum absolute atomic E-state index is 12.8. The lowest BCUT2D eigenvalue weighted by Crippen LogP contribution is -2.26. The molecule has 8 heteroatoms. The zero-order valence-corrected chi connectivity index (χ0v) is 15.4. The minimum absolute atomic E-state index is 0.0521. The number of nitrogens with zero attached hydrogens (tertiary/aromatic N) is 2. The first-order valence-corrected chi connectivity index (χ1v) is 9.07. The van der Waals surface area contributed by atoms with Gasteiger partial charge in [0.25, 0.3) is 10.0 Å². The van der Waals surface area contributed by atoms with Crippen molar-refractivity contribution in [3.63, 3.8) is 0 Å². The molecule has 0 aromatic heterocycles. The normalized spacial score (nSPS) is 11.9. The summed E-state index contributed by atoms with van der Waals surface area (Å²) in [4.78, 5) is 11.9. The van der Waals surface area contributed by atoms with Crippen LogP contribution < -0.4 is 9.04 Å². The van der Waals surface area contributed by atoms with Crippen LogP contribution in [-0.2, 0) is 14.8 Å². The Morgan fingerprint density at radius 3 is 2.42 bits per heavy atom. The summed E-state index contributed by atoms with van der Waals surface area (Å²) in [5, 5.41) is 8.71. The summed E-state index contributed by atoms with van der Waals surface area (Å²) >= 11 is 0. The number of hydrogen-bond donors (Lipinski definition) is 0. The SMILES string of the molecule is COc1ccc(N(C)S(=O)(=O)c2cccc(C(=O)O[C@H](C)C#N)c2)cc1. The number of benzene rings is 2. The summed E-state index contributed by atoms with van der Waals surface area (Å²) in [6.07, 6.45) is -0.926. The van der Waals surface area contributed by atoms with Gasteiger partial charge in [-0.1, -0.05) is 6.07 Å². The Labute approximate surface area is 152 Å². The van der Waals surface area contributed by atoms with Crippen LogP contribution in [0.4, 0.5) is 5.69 Å². The molecular weight excluding hydrogens is 356 g/mol. The van der Waals surface area contributed by atoms with Gasteiger partial charge in [-0.25, -0.2) is 13.2 Å². The summed E-state index contributed by atoms with van der Waals surface area (Å²) in [6.45, 7) is 1.43. The number of sulfonamides is 1. The molecule has 0 radical (unpaired) electrons. The van der Waals surface area contributed by atoms with Crippen LogP contribution in [0.15, 0.2) is 53.4 Å². The van der Waals surface area contributed by atoms with Crippen molar-refractivity contribution in [2.24, 2.45) is 0 Å². The molecule has 0 N–H and O–H groups in total. The summed E-state index contributed by atoms with van der Waals surface area (Å²) in [6, 6.07) is 13.8. The Hall–Kier alpha value is -3.05. The number of hydrogen-bond acceptors (Lipinski definition) is 6. The van der Waals surface area contributed by atoms with E-state index in [0.717, 1.165) is 4.31 Å². The fraction of sp³-hybridized carbons (Fsp3) is 0.222. The van der Waals surface area contributed by atoms with Crippen LogP contribution in [0.3, 0.4) is 0 Å². The van der Waals surface area contributed by atoms with Crippen LogP contribution in [0.1, 0.15) is 17.3 Å². The molecule has 136 valence electrons. The standard InChI is InChI=1S/C18H18N2O5S/c1-13(12-19)25-18(21)14-5-4-6-17(11-14)26(22,23)20(2)15-7-9-16(24-3)10-8-15/h4-11,13H,1-3H3/t13-/m1/s1.